The molecule has 41 heavy (non-hydrogen) atoms. The van der Waals surface area contributed by atoms with Gasteiger partial charge in [-0.1, -0.05) is 60.7 Å². The van der Waals surface area contributed by atoms with E-state index in [0.717, 1.165) is 39.1 Å². The van der Waals surface area contributed by atoms with Crippen LogP contribution in [0.5, 0.6) is 28.7 Å². The zero-order valence-electron chi connectivity index (χ0n) is 24.9. The van der Waals surface area contributed by atoms with Crippen molar-refractivity contribution in [1.29, 1.82) is 0 Å². The zero-order chi connectivity index (χ0) is 29.8. The van der Waals surface area contributed by atoms with Crippen molar-refractivity contribution in [1.82, 2.24) is 0 Å². The molecule has 0 saturated carbocycles. The average molecular weight is 593 g/mol. The Balaban J connectivity index is 1.60. The normalized spacial score (nSPS) is 11.9. The smallest absolute Gasteiger partial charge is 0.473 e. The predicted octanol–water partition coefficient (Wildman–Crippen LogP) is 9.97. The van der Waals surface area contributed by atoms with Gasteiger partial charge in [0.25, 0.3) is 9.03 Å². The lowest BCUT2D eigenvalue weighted by molar-refractivity contribution is 0.156. The summed E-state index contributed by atoms with van der Waals surface area (Å²) in [6.45, 7) is 15.1. The molecule has 0 N–H and O–H groups in total. The quantitative estimate of drug-likeness (QED) is 0.162. The Morgan fingerprint density at radius 3 is 1.41 bits per heavy atom. The first kappa shape index (κ1) is 30.5. The number of aryl methyl sites for hydroxylation is 6. The van der Waals surface area contributed by atoms with Crippen LogP contribution in [0.15, 0.2) is 78.9 Å². The molecule has 4 aromatic carbocycles. The largest absolute Gasteiger partial charge is 0.473 e. The van der Waals surface area contributed by atoms with Crippen LogP contribution in [0, 0.1) is 41.5 Å². The number of para-hydroxylation sites is 3. The molecule has 0 aliphatic carbocycles. The van der Waals surface area contributed by atoms with Crippen LogP contribution >= 0.6 is 16.6 Å². The van der Waals surface area contributed by atoms with Crippen LogP contribution in [0.3, 0.4) is 0 Å². The van der Waals surface area contributed by atoms with Crippen molar-refractivity contribution in [2.24, 2.45) is 0 Å². The second kappa shape index (κ2) is 12.6. The Kier molecular flexibility index (Phi) is 9.37. The van der Waals surface area contributed by atoms with E-state index >= 15 is 0 Å². The molecule has 0 amide bonds. The van der Waals surface area contributed by atoms with Gasteiger partial charge in [-0.2, -0.15) is 0 Å². The van der Waals surface area contributed by atoms with Crippen molar-refractivity contribution in [3.05, 3.63) is 112 Å². The fourth-order valence-electron chi connectivity index (χ4n) is 4.38. The molecule has 6 nitrogen and oxygen atoms in total. The van der Waals surface area contributed by atoms with Gasteiger partial charge in [0.1, 0.15) is 28.7 Å². The van der Waals surface area contributed by atoms with Crippen LogP contribution in [0.1, 0.15) is 47.2 Å². The lowest BCUT2D eigenvalue weighted by atomic mass is 10.1. The number of rotatable bonds is 11. The molecule has 0 radical (unpaired) electrons. The molecular formula is C33H38O6P2. The summed E-state index contributed by atoms with van der Waals surface area (Å²) in [6, 6.07) is 24.7. The van der Waals surface area contributed by atoms with Gasteiger partial charge in [0.2, 0.25) is 5.34 Å². The summed E-state index contributed by atoms with van der Waals surface area (Å²) in [5.41, 5.74) is 5.50. The molecule has 0 bridgehead atoms. The Morgan fingerprint density at radius 2 is 0.951 bits per heavy atom. The first-order valence-corrected chi connectivity index (χ1v) is 15.8. The topological polar surface area (TPSA) is 63.2 Å². The minimum Gasteiger partial charge on any atom is -0.473 e. The summed E-state index contributed by atoms with van der Waals surface area (Å²) in [4.78, 5) is 0. The predicted molar refractivity (Wildman–Crippen MR) is 167 cm³/mol. The van der Waals surface area contributed by atoms with Gasteiger partial charge in [-0.15, -0.1) is 0 Å². The molecule has 0 aromatic heterocycles. The van der Waals surface area contributed by atoms with Gasteiger partial charge in [-0.3, -0.25) is 0 Å². The maximum absolute atomic E-state index is 14.8. The van der Waals surface area contributed by atoms with Crippen LogP contribution in [0.4, 0.5) is 0 Å². The third-order valence-electron chi connectivity index (χ3n) is 6.79. The highest BCUT2D eigenvalue weighted by Gasteiger charge is 2.50. The van der Waals surface area contributed by atoms with Gasteiger partial charge in [0.05, 0.1) is 0 Å². The van der Waals surface area contributed by atoms with E-state index in [4.69, 9.17) is 22.8 Å². The second-order valence-corrected chi connectivity index (χ2v) is 13.7. The average Bonchev–Trinajstić information content (AvgIpc) is 2.90. The van der Waals surface area contributed by atoms with E-state index in [1.807, 2.05) is 108 Å². The Morgan fingerprint density at radius 1 is 0.561 bits per heavy atom. The number of hydrogen-bond acceptors (Lipinski definition) is 6. The fourth-order valence-corrected chi connectivity index (χ4v) is 6.80. The van der Waals surface area contributed by atoms with Crippen molar-refractivity contribution in [2.45, 2.75) is 60.7 Å². The van der Waals surface area contributed by atoms with E-state index in [2.05, 4.69) is 0 Å². The maximum atomic E-state index is 14.8. The molecule has 0 aliphatic rings. The maximum Gasteiger partial charge on any atom is 0.473 e. The molecule has 0 aliphatic heterocycles. The summed E-state index contributed by atoms with van der Waals surface area (Å²) in [7, 11) is -4.26. The first-order chi connectivity index (χ1) is 19.4. The zero-order valence-corrected chi connectivity index (χ0v) is 26.8. The molecule has 0 heterocycles. The highest BCUT2D eigenvalue weighted by Crippen LogP contribution is 2.61. The van der Waals surface area contributed by atoms with Gasteiger partial charge in [0, 0.05) is 6.07 Å². The summed E-state index contributed by atoms with van der Waals surface area (Å²) in [5, 5.41) is -1.38. The highest BCUT2D eigenvalue weighted by atomic mass is 31.2. The molecule has 0 fully saturated rings. The van der Waals surface area contributed by atoms with Gasteiger partial charge < -0.3 is 22.8 Å². The number of hydrogen-bond donors (Lipinski definition) is 0. The van der Waals surface area contributed by atoms with Crippen molar-refractivity contribution < 1.29 is 27.4 Å². The van der Waals surface area contributed by atoms with Crippen LogP contribution in [-0.2, 0) is 4.57 Å². The SMILES string of the molecule is Cc1cccc(C)c1OPOc1cccc(OC(C)(C)P(=O)(Oc2c(C)cccc2C)Oc2c(C)cccc2C)c1. The molecule has 0 saturated heterocycles. The molecule has 8 heteroatoms. The van der Waals surface area contributed by atoms with E-state index in [0.29, 0.717) is 23.0 Å². The molecule has 1 atom stereocenters. The van der Waals surface area contributed by atoms with Crippen LogP contribution in [-0.4, -0.2) is 5.34 Å². The number of ether oxygens (including phenoxy) is 1. The summed E-state index contributed by atoms with van der Waals surface area (Å²) >= 11 is 0. The molecule has 4 rings (SSSR count). The van der Waals surface area contributed by atoms with Gasteiger partial charge in [-0.05, 0) is 101 Å². The molecule has 4 aromatic rings. The fraction of sp³-hybridized carbons (Fsp3) is 0.273. The standard InChI is InChI=1S/C33H38O6P2/c1-22-13-9-14-23(2)30(22)37-40-36-29-20-12-19-28(21-29)35-33(7,8)41(34,38-31-24(3)15-10-16-25(31)4)39-32-26(5)17-11-18-27(32)6/h9-21,40H,1-8H3. The van der Waals surface area contributed by atoms with Crippen LogP contribution < -0.4 is 22.8 Å². The summed E-state index contributed by atoms with van der Waals surface area (Å²) in [6.07, 6.45) is 0. The highest BCUT2D eigenvalue weighted by molar-refractivity contribution is 7.56. The summed E-state index contributed by atoms with van der Waals surface area (Å²) < 4.78 is 45.7. The van der Waals surface area contributed by atoms with E-state index in [-0.39, 0.29) is 9.03 Å². The lowest BCUT2D eigenvalue weighted by Gasteiger charge is -2.34. The Labute approximate surface area is 245 Å². The Bertz CT molecular complexity index is 1460. The molecule has 1 unspecified atom stereocenters. The lowest BCUT2D eigenvalue weighted by Crippen LogP contribution is -2.33. The van der Waals surface area contributed by atoms with Gasteiger partial charge >= 0.3 is 7.60 Å². The van der Waals surface area contributed by atoms with Crippen molar-refractivity contribution in [3.8, 4) is 28.7 Å². The van der Waals surface area contributed by atoms with E-state index < -0.39 is 12.9 Å². The van der Waals surface area contributed by atoms with Gasteiger partial charge in [0.15, 0.2) is 0 Å². The van der Waals surface area contributed by atoms with E-state index in [1.54, 1.807) is 26.0 Å². The third-order valence-corrected chi connectivity index (χ3v) is 9.65. The van der Waals surface area contributed by atoms with E-state index in [1.165, 1.54) is 0 Å². The van der Waals surface area contributed by atoms with Gasteiger partial charge in [-0.25, -0.2) is 4.57 Å². The van der Waals surface area contributed by atoms with Crippen LogP contribution in [0.2, 0.25) is 0 Å². The van der Waals surface area contributed by atoms with Crippen molar-refractivity contribution in [3.63, 3.8) is 0 Å². The summed E-state index contributed by atoms with van der Waals surface area (Å²) in [5.74, 6) is 2.86. The van der Waals surface area contributed by atoms with E-state index in [9.17, 15) is 4.57 Å². The molecule has 216 valence electrons. The van der Waals surface area contributed by atoms with Crippen molar-refractivity contribution >= 4 is 16.6 Å². The minimum atomic E-state index is -4.01. The van der Waals surface area contributed by atoms with Crippen LogP contribution in [0.25, 0.3) is 0 Å². The Hall–Kier alpha value is -3.46. The molecular weight excluding hydrogens is 554 g/mol. The molecule has 0 spiro atoms. The monoisotopic (exact) mass is 592 g/mol. The van der Waals surface area contributed by atoms with Crippen molar-refractivity contribution in [2.75, 3.05) is 0 Å². The minimum absolute atomic E-state index is 0.250. The second-order valence-electron chi connectivity index (χ2n) is 10.7. The first-order valence-electron chi connectivity index (χ1n) is 13.5. The number of benzene rings is 4. The third kappa shape index (κ3) is 7.07.